The summed E-state index contributed by atoms with van der Waals surface area (Å²) in [6.07, 6.45) is 1.36. The van der Waals surface area contributed by atoms with Gasteiger partial charge < -0.3 is 15.7 Å². The van der Waals surface area contributed by atoms with Gasteiger partial charge in [-0.15, -0.1) is 0 Å². The highest BCUT2D eigenvalue weighted by molar-refractivity contribution is 5.88. The number of nitrogens with one attached hydrogen (secondary N) is 2. The standard InChI is InChI=1S/C12H15N3O4/c1-7(15-8(2)16)11(17)14-6-10-5-9(12(18)19)3-4-13-10/h3-5,7H,6H2,1-2H3,(H,14,17)(H,15,16)(H,18,19). The van der Waals surface area contributed by atoms with Gasteiger partial charge in [0.1, 0.15) is 6.04 Å². The third kappa shape index (κ3) is 4.74. The molecule has 3 N–H and O–H groups in total. The number of carboxylic acid groups (broad SMARTS) is 1. The van der Waals surface area contributed by atoms with E-state index in [4.69, 9.17) is 5.11 Å². The Kier molecular flexibility index (Phi) is 4.99. The summed E-state index contributed by atoms with van der Waals surface area (Å²) in [5.74, 6) is -1.71. The molecule has 7 nitrogen and oxygen atoms in total. The lowest BCUT2D eigenvalue weighted by Gasteiger charge is -2.12. The van der Waals surface area contributed by atoms with Crippen molar-refractivity contribution in [3.8, 4) is 0 Å². The highest BCUT2D eigenvalue weighted by Gasteiger charge is 2.13. The summed E-state index contributed by atoms with van der Waals surface area (Å²) in [4.78, 5) is 37.1. The van der Waals surface area contributed by atoms with Gasteiger partial charge in [-0.05, 0) is 19.1 Å². The Morgan fingerprint density at radius 1 is 1.42 bits per heavy atom. The lowest BCUT2D eigenvalue weighted by molar-refractivity contribution is -0.127. The van der Waals surface area contributed by atoms with Gasteiger partial charge in [-0.2, -0.15) is 0 Å². The Labute approximate surface area is 110 Å². The zero-order valence-corrected chi connectivity index (χ0v) is 10.6. The van der Waals surface area contributed by atoms with E-state index in [0.29, 0.717) is 5.69 Å². The van der Waals surface area contributed by atoms with Crippen LogP contribution >= 0.6 is 0 Å². The van der Waals surface area contributed by atoms with Gasteiger partial charge in [-0.1, -0.05) is 0 Å². The van der Waals surface area contributed by atoms with Crippen LogP contribution in [0.15, 0.2) is 18.3 Å². The van der Waals surface area contributed by atoms with E-state index in [9.17, 15) is 14.4 Å². The minimum absolute atomic E-state index is 0.101. The van der Waals surface area contributed by atoms with Crippen molar-refractivity contribution in [3.05, 3.63) is 29.6 Å². The SMILES string of the molecule is CC(=O)NC(C)C(=O)NCc1cc(C(=O)O)ccn1. The number of aromatic carboxylic acids is 1. The Balaban J connectivity index is 2.57. The van der Waals surface area contributed by atoms with Crippen molar-refractivity contribution in [2.24, 2.45) is 0 Å². The fourth-order valence-electron chi connectivity index (χ4n) is 1.41. The molecule has 0 aliphatic heterocycles. The van der Waals surface area contributed by atoms with Crippen LogP contribution in [0.2, 0.25) is 0 Å². The summed E-state index contributed by atoms with van der Waals surface area (Å²) in [7, 11) is 0. The molecule has 0 saturated heterocycles. The number of carbonyl (C=O) groups excluding carboxylic acids is 2. The fraction of sp³-hybridized carbons (Fsp3) is 0.333. The third-order valence-corrected chi connectivity index (χ3v) is 2.32. The van der Waals surface area contributed by atoms with Crippen molar-refractivity contribution in [1.82, 2.24) is 15.6 Å². The van der Waals surface area contributed by atoms with E-state index in [1.165, 1.54) is 25.3 Å². The molecule has 1 rings (SSSR count). The van der Waals surface area contributed by atoms with Gasteiger partial charge >= 0.3 is 5.97 Å². The molecule has 1 atom stereocenters. The van der Waals surface area contributed by atoms with Crippen LogP contribution in [-0.4, -0.2) is 33.9 Å². The number of amides is 2. The van der Waals surface area contributed by atoms with Crippen molar-refractivity contribution < 1.29 is 19.5 Å². The lowest BCUT2D eigenvalue weighted by Crippen LogP contribution is -2.43. The Morgan fingerprint density at radius 2 is 2.11 bits per heavy atom. The van der Waals surface area contributed by atoms with Gasteiger partial charge in [0, 0.05) is 13.1 Å². The Morgan fingerprint density at radius 3 is 2.68 bits per heavy atom. The molecule has 102 valence electrons. The molecule has 0 saturated carbocycles. The topological polar surface area (TPSA) is 108 Å². The second-order valence-corrected chi connectivity index (χ2v) is 3.98. The first-order valence-corrected chi connectivity index (χ1v) is 5.63. The predicted molar refractivity (Wildman–Crippen MR) is 66.3 cm³/mol. The quantitative estimate of drug-likeness (QED) is 0.690. The second-order valence-electron chi connectivity index (χ2n) is 3.98. The smallest absolute Gasteiger partial charge is 0.335 e. The number of carboxylic acids is 1. The van der Waals surface area contributed by atoms with Crippen molar-refractivity contribution in [2.45, 2.75) is 26.4 Å². The lowest BCUT2D eigenvalue weighted by atomic mass is 10.2. The van der Waals surface area contributed by atoms with E-state index in [1.807, 2.05) is 0 Å². The van der Waals surface area contributed by atoms with Crippen LogP contribution in [0.25, 0.3) is 0 Å². The molecule has 1 heterocycles. The number of aromatic nitrogens is 1. The van der Waals surface area contributed by atoms with Crippen LogP contribution in [0, 0.1) is 0 Å². The summed E-state index contributed by atoms with van der Waals surface area (Å²) >= 11 is 0. The molecular formula is C12H15N3O4. The van der Waals surface area contributed by atoms with Crippen LogP contribution < -0.4 is 10.6 Å². The molecule has 0 aliphatic carbocycles. The Bertz CT molecular complexity index is 502. The van der Waals surface area contributed by atoms with Crippen LogP contribution in [0.1, 0.15) is 29.9 Å². The number of hydrogen-bond acceptors (Lipinski definition) is 4. The van der Waals surface area contributed by atoms with E-state index in [0.717, 1.165) is 0 Å². The minimum atomic E-state index is -1.05. The van der Waals surface area contributed by atoms with Crippen molar-refractivity contribution >= 4 is 17.8 Å². The maximum atomic E-state index is 11.6. The molecule has 0 fully saturated rings. The fourth-order valence-corrected chi connectivity index (χ4v) is 1.41. The molecule has 0 spiro atoms. The van der Waals surface area contributed by atoms with E-state index in [1.54, 1.807) is 6.92 Å². The first-order chi connectivity index (χ1) is 8.90. The van der Waals surface area contributed by atoms with Crippen LogP contribution in [0.4, 0.5) is 0 Å². The van der Waals surface area contributed by atoms with Gasteiger partial charge in [-0.25, -0.2) is 4.79 Å². The summed E-state index contributed by atoms with van der Waals surface area (Å²) < 4.78 is 0. The second kappa shape index (κ2) is 6.48. The van der Waals surface area contributed by atoms with E-state index < -0.39 is 12.0 Å². The average molecular weight is 265 g/mol. The largest absolute Gasteiger partial charge is 0.478 e. The maximum Gasteiger partial charge on any atom is 0.335 e. The normalized spacial score (nSPS) is 11.5. The van der Waals surface area contributed by atoms with Crippen LogP contribution in [0.3, 0.4) is 0 Å². The molecule has 1 aromatic rings. The number of rotatable bonds is 5. The minimum Gasteiger partial charge on any atom is -0.478 e. The summed E-state index contributed by atoms with van der Waals surface area (Å²) in [5, 5.41) is 13.8. The van der Waals surface area contributed by atoms with Gasteiger partial charge in [0.25, 0.3) is 0 Å². The van der Waals surface area contributed by atoms with E-state index >= 15 is 0 Å². The molecule has 0 aliphatic rings. The average Bonchev–Trinajstić information content (AvgIpc) is 2.35. The molecule has 1 unspecified atom stereocenters. The van der Waals surface area contributed by atoms with Gasteiger partial charge in [0.05, 0.1) is 17.8 Å². The van der Waals surface area contributed by atoms with Gasteiger partial charge in [0.15, 0.2) is 0 Å². The monoisotopic (exact) mass is 265 g/mol. The molecule has 0 bridgehead atoms. The summed E-state index contributed by atoms with van der Waals surface area (Å²) in [6, 6.07) is 2.10. The van der Waals surface area contributed by atoms with Crippen LogP contribution in [-0.2, 0) is 16.1 Å². The highest BCUT2D eigenvalue weighted by atomic mass is 16.4. The first-order valence-electron chi connectivity index (χ1n) is 5.63. The molecule has 2 amide bonds. The maximum absolute atomic E-state index is 11.6. The van der Waals surface area contributed by atoms with Crippen LogP contribution in [0.5, 0.6) is 0 Å². The van der Waals surface area contributed by atoms with Gasteiger partial charge in [0.2, 0.25) is 11.8 Å². The van der Waals surface area contributed by atoms with Crippen molar-refractivity contribution in [1.29, 1.82) is 0 Å². The molecule has 0 radical (unpaired) electrons. The number of nitrogens with zero attached hydrogens (tertiary/aromatic N) is 1. The molecule has 19 heavy (non-hydrogen) atoms. The Hall–Kier alpha value is -2.44. The zero-order valence-electron chi connectivity index (χ0n) is 10.6. The molecule has 0 aromatic carbocycles. The highest BCUT2D eigenvalue weighted by Crippen LogP contribution is 2.01. The predicted octanol–water partition coefficient (Wildman–Crippen LogP) is -0.0794. The number of hydrogen-bond donors (Lipinski definition) is 3. The van der Waals surface area contributed by atoms with Gasteiger partial charge in [-0.3, -0.25) is 14.6 Å². The summed E-state index contributed by atoms with van der Waals surface area (Å²) in [6.45, 7) is 2.98. The number of carbonyl (C=O) groups is 3. The van der Waals surface area contributed by atoms with Crippen molar-refractivity contribution in [2.75, 3.05) is 0 Å². The molecule has 1 aromatic heterocycles. The molecular weight excluding hydrogens is 250 g/mol. The zero-order chi connectivity index (χ0) is 14.4. The van der Waals surface area contributed by atoms with E-state index in [-0.39, 0.29) is 23.9 Å². The summed E-state index contributed by atoms with van der Waals surface area (Å²) in [5.41, 5.74) is 0.539. The number of pyridine rings is 1. The third-order valence-electron chi connectivity index (χ3n) is 2.32. The molecule has 7 heteroatoms. The van der Waals surface area contributed by atoms with Crippen molar-refractivity contribution in [3.63, 3.8) is 0 Å². The van der Waals surface area contributed by atoms with E-state index in [2.05, 4.69) is 15.6 Å². The first kappa shape index (κ1) is 14.6.